The zero-order valence-corrected chi connectivity index (χ0v) is 15.5. The Morgan fingerprint density at radius 2 is 1.92 bits per heavy atom. The summed E-state index contributed by atoms with van der Waals surface area (Å²) in [5.74, 6) is -0.119. The first-order valence-corrected chi connectivity index (χ1v) is 8.71. The van der Waals surface area contributed by atoms with Crippen LogP contribution in [0.1, 0.15) is 37.3 Å². The molecule has 1 fully saturated rings. The fourth-order valence-corrected chi connectivity index (χ4v) is 2.27. The Balaban J connectivity index is 1.66. The monoisotopic (exact) mass is 369 g/mol. The fraction of sp³-hybridized carbons (Fsp3) is 0.750. The Bertz CT molecular complexity index is 592. The Morgan fingerprint density at radius 3 is 2.62 bits per heavy atom. The summed E-state index contributed by atoms with van der Waals surface area (Å²) in [7, 11) is 0. The maximum absolute atomic E-state index is 12.0. The second-order valence-electron chi connectivity index (χ2n) is 6.90. The molecule has 1 aromatic rings. The zero-order valence-electron chi connectivity index (χ0n) is 15.5. The predicted molar refractivity (Wildman–Crippen MR) is 91.8 cm³/mol. The number of aromatic nitrogens is 2. The van der Waals surface area contributed by atoms with Gasteiger partial charge in [0.15, 0.2) is 0 Å². The van der Waals surface area contributed by atoms with Gasteiger partial charge in [-0.15, -0.1) is 0 Å². The number of morpholine rings is 1. The molecule has 2 amide bonds. The Kier molecular flexibility index (Phi) is 7.34. The van der Waals surface area contributed by atoms with E-state index < -0.39 is 11.7 Å². The van der Waals surface area contributed by atoms with Crippen LogP contribution >= 0.6 is 0 Å². The van der Waals surface area contributed by atoms with E-state index in [1.54, 1.807) is 20.8 Å². The molecular formula is C16H27N5O5. The van der Waals surface area contributed by atoms with Crippen molar-refractivity contribution in [3.63, 3.8) is 0 Å². The van der Waals surface area contributed by atoms with Crippen LogP contribution in [0, 0.1) is 0 Å². The summed E-state index contributed by atoms with van der Waals surface area (Å²) in [4.78, 5) is 29.8. The van der Waals surface area contributed by atoms with E-state index in [0.29, 0.717) is 13.0 Å². The molecule has 2 heterocycles. The van der Waals surface area contributed by atoms with Crippen LogP contribution < -0.4 is 10.6 Å². The van der Waals surface area contributed by atoms with Crippen molar-refractivity contribution in [3.8, 4) is 0 Å². The van der Waals surface area contributed by atoms with Crippen LogP contribution in [-0.4, -0.2) is 78.6 Å². The lowest BCUT2D eigenvalue weighted by Gasteiger charge is -2.26. The van der Waals surface area contributed by atoms with Crippen molar-refractivity contribution in [3.05, 3.63) is 11.7 Å². The third-order valence-electron chi connectivity index (χ3n) is 3.50. The molecule has 0 aliphatic carbocycles. The van der Waals surface area contributed by atoms with E-state index in [9.17, 15) is 9.59 Å². The van der Waals surface area contributed by atoms with Crippen LogP contribution in [0.2, 0.25) is 0 Å². The van der Waals surface area contributed by atoms with E-state index in [1.165, 1.54) is 0 Å². The van der Waals surface area contributed by atoms with E-state index in [1.807, 2.05) is 0 Å². The minimum atomic E-state index is -0.555. The molecular weight excluding hydrogens is 342 g/mol. The number of rotatable bonds is 7. The van der Waals surface area contributed by atoms with Gasteiger partial charge < -0.3 is 24.6 Å². The molecule has 0 saturated carbocycles. The molecule has 2 N–H and O–H groups in total. The SMILES string of the molecule is CC(C)(C)OC(=O)NCCc1nc(C(=O)NCCN2CCOCC2)no1. The summed E-state index contributed by atoms with van der Waals surface area (Å²) < 4.78 is 15.4. The lowest BCUT2D eigenvalue weighted by atomic mass is 10.2. The van der Waals surface area contributed by atoms with Gasteiger partial charge in [0.2, 0.25) is 5.89 Å². The molecule has 2 rings (SSSR count). The number of nitrogens with one attached hydrogen (secondary N) is 2. The number of ether oxygens (including phenoxy) is 2. The Hall–Kier alpha value is -2.20. The van der Waals surface area contributed by atoms with Crippen molar-refractivity contribution in [2.24, 2.45) is 0 Å². The van der Waals surface area contributed by atoms with E-state index in [4.69, 9.17) is 14.0 Å². The topological polar surface area (TPSA) is 119 Å². The molecule has 0 radical (unpaired) electrons. The molecule has 1 saturated heterocycles. The van der Waals surface area contributed by atoms with Gasteiger partial charge in [-0.2, -0.15) is 4.98 Å². The van der Waals surface area contributed by atoms with Crippen molar-refractivity contribution in [1.82, 2.24) is 25.7 Å². The summed E-state index contributed by atoms with van der Waals surface area (Å²) >= 11 is 0. The summed E-state index contributed by atoms with van der Waals surface area (Å²) in [5.41, 5.74) is -0.555. The number of amides is 2. The van der Waals surface area contributed by atoms with Crippen molar-refractivity contribution in [2.75, 3.05) is 45.9 Å². The number of alkyl carbamates (subject to hydrolysis) is 1. The Labute approximate surface area is 152 Å². The summed E-state index contributed by atoms with van der Waals surface area (Å²) in [6, 6.07) is 0. The lowest BCUT2D eigenvalue weighted by molar-refractivity contribution is 0.0383. The van der Waals surface area contributed by atoms with Gasteiger partial charge >= 0.3 is 6.09 Å². The van der Waals surface area contributed by atoms with Crippen molar-refractivity contribution in [1.29, 1.82) is 0 Å². The number of carbonyl (C=O) groups excluding carboxylic acids is 2. The molecule has 0 spiro atoms. The van der Waals surface area contributed by atoms with Gasteiger partial charge in [-0.3, -0.25) is 9.69 Å². The highest BCUT2D eigenvalue weighted by molar-refractivity contribution is 5.90. The normalized spacial score (nSPS) is 15.5. The van der Waals surface area contributed by atoms with Gasteiger partial charge in [0, 0.05) is 39.1 Å². The molecule has 1 aliphatic rings. The van der Waals surface area contributed by atoms with Crippen molar-refractivity contribution >= 4 is 12.0 Å². The van der Waals surface area contributed by atoms with Gasteiger partial charge in [0.1, 0.15) is 5.60 Å². The van der Waals surface area contributed by atoms with Gasteiger partial charge in [0.05, 0.1) is 13.2 Å². The quantitative estimate of drug-likeness (QED) is 0.700. The van der Waals surface area contributed by atoms with Gasteiger partial charge in [-0.25, -0.2) is 4.79 Å². The molecule has 10 heteroatoms. The highest BCUT2D eigenvalue weighted by atomic mass is 16.6. The molecule has 26 heavy (non-hydrogen) atoms. The fourth-order valence-electron chi connectivity index (χ4n) is 2.27. The lowest BCUT2D eigenvalue weighted by Crippen LogP contribution is -2.41. The molecule has 0 aromatic carbocycles. The molecule has 0 atom stereocenters. The van der Waals surface area contributed by atoms with Gasteiger partial charge in [0.25, 0.3) is 11.7 Å². The van der Waals surface area contributed by atoms with Crippen LogP contribution in [0.4, 0.5) is 4.79 Å². The van der Waals surface area contributed by atoms with Crippen LogP contribution in [0.5, 0.6) is 0 Å². The Morgan fingerprint density at radius 1 is 1.19 bits per heavy atom. The smallest absolute Gasteiger partial charge is 0.407 e. The van der Waals surface area contributed by atoms with Crippen molar-refractivity contribution < 1.29 is 23.6 Å². The average Bonchev–Trinajstić information content (AvgIpc) is 3.03. The van der Waals surface area contributed by atoms with E-state index >= 15 is 0 Å². The molecule has 10 nitrogen and oxygen atoms in total. The largest absolute Gasteiger partial charge is 0.444 e. The highest BCUT2D eigenvalue weighted by Crippen LogP contribution is 2.06. The summed E-state index contributed by atoms with van der Waals surface area (Å²) in [5, 5.41) is 9.02. The molecule has 146 valence electrons. The maximum atomic E-state index is 12.0. The third-order valence-corrected chi connectivity index (χ3v) is 3.50. The number of hydrogen-bond donors (Lipinski definition) is 2. The summed E-state index contributed by atoms with van der Waals surface area (Å²) in [6.07, 6.45) is -0.203. The van der Waals surface area contributed by atoms with Gasteiger partial charge in [-0.1, -0.05) is 5.16 Å². The molecule has 0 unspecified atom stereocenters. The standard InChI is InChI=1S/C16H27N5O5/c1-16(2,3)25-15(23)18-5-4-12-19-13(20-26-12)14(22)17-6-7-21-8-10-24-11-9-21/h4-11H2,1-3H3,(H,17,22)(H,18,23). The number of hydrogen-bond acceptors (Lipinski definition) is 8. The van der Waals surface area contributed by atoms with Crippen LogP contribution in [0.15, 0.2) is 4.52 Å². The average molecular weight is 369 g/mol. The molecule has 1 aliphatic heterocycles. The second kappa shape index (κ2) is 9.48. The highest BCUT2D eigenvalue weighted by Gasteiger charge is 2.17. The predicted octanol–water partition coefficient (Wildman–Crippen LogP) is 0.199. The maximum Gasteiger partial charge on any atom is 0.407 e. The first-order valence-electron chi connectivity index (χ1n) is 8.71. The van der Waals surface area contributed by atoms with E-state index in [0.717, 1.165) is 32.8 Å². The van der Waals surface area contributed by atoms with Gasteiger partial charge in [-0.05, 0) is 20.8 Å². The third kappa shape index (κ3) is 7.36. The number of nitrogens with zero attached hydrogens (tertiary/aromatic N) is 3. The minimum Gasteiger partial charge on any atom is -0.444 e. The molecule has 0 bridgehead atoms. The van der Waals surface area contributed by atoms with Crippen LogP contribution in [0.3, 0.4) is 0 Å². The van der Waals surface area contributed by atoms with Crippen LogP contribution in [0.25, 0.3) is 0 Å². The van der Waals surface area contributed by atoms with E-state index in [2.05, 4.69) is 25.7 Å². The van der Waals surface area contributed by atoms with E-state index in [-0.39, 0.29) is 24.2 Å². The first-order chi connectivity index (χ1) is 12.3. The molecule has 1 aromatic heterocycles. The van der Waals surface area contributed by atoms with Crippen LogP contribution in [-0.2, 0) is 15.9 Å². The minimum absolute atomic E-state index is 0.0146. The second-order valence-corrected chi connectivity index (χ2v) is 6.90. The summed E-state index contributed by atoms with van der Waals surface area (Å²) in [6.45, 7) is 10.1. The number of carbonyl (C=O) groups is 2. The zero-order chi connectivity index (χ0) is 19.0. The first kappa shape index (κ1) is 20.1. The van der Waals surface area contributed by atoms with Crippen molar-refractivity contribution in [2.45, 2.75) is 32.8 Å².